The van der Waals surface area contributed by atoms with E-state index in [9.17, 15) is 28.1 Å². The highest BCUT2D eigenvalue weighted by Crippen LogP contribution is 2.37. The van der Waals surface area contributed by atoms with Gasteiger partial charge in [0.2, 0.25) is 5.91 Å². The van der Waals surface area contributed by atoms with Crippen LogP contribution in [-0.4, -0.2) is 77.5 Å². The van der Waals surface area contributed by atoms with Gasteiger partial charge in [0.25, 0.3) is 5.69 Å². The average Bonchev–Trinajstić information content (AvgIpc) is 2.88. The van der Waals surface area contributed by atoms with Crippen LogP contribution >= 0.6 is 0 Å². The van der Waals surface area contributed by atoms with Gasteiger partial charge >= 0.3 is 6.18 Å². The highest BCUT2D eigenvalue weighted by Gasteiger charge is 2.38. The topological polar surface area (TPSA) is 94.9 Å². The summed E-state index contributed by atoms with van der Waals surface area (Å²) < 4.78 is 39.7. The Balaban J connectivity index is 0.00000380. The van der Waals surface area contributed by atoms with E-state index in [1.54, 1.807) is 12.4 Å². The quantitative estimate of drug-likeness (QED) is 0.429. The van der Waals surface area contributed by atoms with Crippen molar-refractivity contribution in [1.82, 2.24) is 14.8 Å². The number of hydrogen-bond acceptors (Lipinski definition) is 7. The molecular weight excluding hydrogens is 489 g/mol. The van der Waals surface area contributed by atoms with Crippen molar-refractivity contribution < 1.29 is 22.9 Å². The van der Waals surface area contributed by atoms with Crippen LogP contribution in [0.4, 0.5) is 30.2 Å². The highest BCUT2D eigenvalue weighted by molar-refractivity contribution is 5.76. The van der Waals surface area contributed by atoms with Gasteiger partial charge in [-0.15, -0.1) is 0 Å². The molecule has 1 amide bonds. The number of nitrogens with zero attached hydrogens (tertiary/aromatic N) is 5. The molecular formula is C25H33F3N6O3. The standard InChI is InChI=1S/C24H29F3N6O3.CH4/c25-24(26,27)21-17-19(1-2-22(21)33(35)36)29-18-5-11-32(12-6-18)23(34)7-10-30-13-15-31(16-14-30)20-3-8-28-9-4-20;/h1-4,8-9,17-18,29H,5-7,10-16H2;1H4. The minimum atomic E-state index is -4.82. The zero-order valence-corrected chi connectivity index (χ0v) is 19.8. The van der Waals surface area contributed by atoms with E-state index in [0.29, 0.717) is 38.9 Å². The Morgan fingerprint density at radius 3 is 2.30 bits per heavy atom. The number of anilines is 2. The van der Waals surface area contributed by atoms with Crippen LogP contribution in [0.5, 0.6) is 0 Å². The number of rotatable bonds is 7. The van der Waals surface area contributed by atoms with Crippen molar-refractivity contribution >= 4 is 23.0 Å². The maximum atomic E-state index is 13.2. The maximum Gasteiger partial charge on any atom is 0.423 e. The Bertz CT molecular complexity index is 1050. The molecule has 12 heteroatoms. The lowest BCUT2D eigenvalue weighted by atomic mass is 10.0. The van der Waals surface area contributed by atoms with Crippen molar-refractivity contribution in [3.8, 4) is 0 Å². The van der Waals surface area contributed by atoms with E-state index >= 15 is 0 Å². The number of aromatic nitrogens is 1. The third-order valence-corrected chi connectivity index (χ3v) is 6.76. The SMILES string of the molecule is C.O=C(CCN1CCN(c2ccncc2)CC1)N1CCC(Nc2ccc([N+](=O)[O-])c(C(F)(F)F)c2)CC1. The van der Waals surface area contributed by atoms with E-state index in [1.165, 1.54) is 6.07 Å². The molecule has 3 heterocycles. The number of amides is 1. The molecule has 1 N–H and O–H groups in total. The fourth-order valence-corrected chi connectivity index (χ4v) is 4.72. The molecule has 0 bridgehead atoms. The van der Waals surface area contributed by atoms with Gasteiger partial charge in [0.05, 0.1) is 4.92 Å². The van der Waals surface area contributed by atoms with Crippen LogP contribution in [0.25, 0.3) is 0 Å². The second-order valence-electron chi connectivity index (χ2n) is 9.07. The summed E-state index contributed by atoms with van der Waals surface area (Å²) in [5.74, 6) is 0.0831. The van der Waals surface area contributed by atoms with E-state index in [4.69, 9.17) is 0 Å². The normalized spacial score (nSPS) is 17.3. The van der Waals surface area contributed by atoms with Gasteiger partial charge in [-0.1, -0.05) is 7.43 Å². The third-order valence-electron chi connectivity index (χ3n) is 6.76. The molecule has 2 saturated heterocycles. The van der Waals surface area contributed by atoms with Crippen LogP contribution < -0.4 is 10.2 Å². The first kappa shape index (κ1) is 28.2. The van der Waals surface area contributed by atoms with Crippen molar-refractivity contribution in [3.05, 3.63) is 58.4 Å². The Kier molecular flexibility index (Phi) is 9.30. The Hall–Kier alpha value is -3.41. The molecule has 0 unspecified atom stereocenters. The smallest absolute Gasteiger partial charge is 0.382 e. The lowest BCUT2D eigenvalue weighted by Gasteiger charge is -2.37. The van der Waals surface area contributed by atoms with Gasteiger partial charge in [-0.25, -0.2) is 0 Å². The lowest BCUT2D eigenvalue weighted by Crippen LogP contribution is -2.48. The molecule has 9 nitrogen and oxygen atoms in total. The molecule has 2 aliphatic rings. The van der Waals surface area contributed by atoms with E-state index < -0.39 is 22.4 Å². The zero-order chi connectivity index (χ0) is 25.7. The molecule has 1 aromatic carbocycles. The predicted octanol–water partition coefficient (Wildman–Crippen LogP) is 4.26. The molecule has 0 aliphatic carbocycles. The van der Waals surface area contributed by atoms with Crippen molar-refractivity contribution in [2.45, 2.75) is 38.9 Å². The molecule has 0 saturated carbocycles. The van der Waals surface area contributed by atoms with Crippen molar-refractivity contribution in [2.75, 3.05) is 56.0 Å². The van der Waals surface area contributed by atoms with Crippen LogP contribution in [0.3, 0.4) is 0 Å². The zero-order valence-electron chi connectivity index (χ0n) is 19.8. The van der Waals surface area contributed by atoms with Crippen molar-refractivity contribution in [3.63, 3.8) is 0 Å². The largest absolute Gasteiger partial charge is 0.423 e. The number of nitro groups is 1. The first-order chi connectivity index (χ1) is 17.2. The molecule has 4 rings (SSSR count). The molecule has 0 radical (unpaired) electrons. The molecule has 2 fully saturated rings. The van der Waals surface area contributed by atoms with E-state index in [1.807, 2.05) is 17.0 Å². The highest BCUT2D eigenvalue weighted by atomic mass is 19.4. The summed E-state index contributed by atoms with van der Waals surface area (Å²) in [7, 11) is 0. The number of nitro benzene ring substituents is 1. The van der Waals surface area contributed by atoms with Gasteiger partial charge in [-0.2, -0.15) is 13.2 Å². The first-order valence-electron chi connectivity index (χ1n) is 12.0. The van der Waals surface area contributed by atoms with Crippen molar-refractivity contribution in [1.29, 1.82) is 0 Å². The molecule has 2 aliphatic heterocycles. The second-order valence-corrected chi connectivity index (χ2v) is 9.07. The molecule has 2 aromatic rings. The van der Waals surface area contributed by atoms with Gasteiger partial charge in [-0.3, -0.25) is 24.8 Å². The Morgan fingerprint density at radius 2 is 1.70 bits per heavy atom. The number of carbonyl (C=O) groups excluding carboxylic acids is 1. The molecule has 202 valence electrons. The summed E-state index contributed by atoms with van der Waals surface area (Å²) in [5.41, 5.74) is -0.900. The first-order valence-corrected chi connectivity index (χ1v) is 12.0. The summed E-state index contributed by atoms with van der Waals surface area (Å²) in [6, 6.07) is 6.82. The molecule has 1 aromatic heterocycles. The van der Waals surface area contributed by atoms with Crippen LogP contribution in [0, 0.1) is 10.1 Å². The fourth-order valence-electron chi connectivity index (χ4n) is 4.72. The van der Waals surface area contributed by atoms with Gasteiger partial charge < -0.3 is 15.1 Å². The van der Waals surface area contributed by atoms with E-state index in [-0.39, 0.29) is 25.1 Å². The number of carbonyl (C=O) groups is 1. The number of likely N-dealkylation sites (tertiary alicyclic amines) is 1. The summed E-state index contributed by atoms with van der Waals surface area (Å²) in [5, 5.41) is 14.0. The monoisotopic (exact) mass is 522 g/mol. The van der Waals surface area contributed by atoms with Crippen LogP contribution in [0.1, 0.15) is 32.3 Å². The lowest BCUT2D eigenvalue weighted by molar-refractivity contribution is -0.388. The van der Waals surface area contributed by atoms with Gasteiger partial charge in [0, 0.05) is 88.1 Å². The van der Waals surface area contributed by atoms with Gasteiger partial charge in [-0.05, 0) is 37.1 Å². The number of hydrogen-bond donors (Lipinski definition) is 1. The van der Waals surface area contributed by atoms with Crippen molar-refractivity contribution in [2.24, 2.45) is 0 Å². The van der Waals surface area contributed by atoms with E-state index in [0.717, 1.165) is 44.0 Å². The Labute approximate surface area is 214 Å². The third kappa shape index (κ3) is 7.31. The molecule has 0 spiro atoms. The molecule has 0 atom stereocenters. The number of piperidine rings is 1. The van der Waals surface area contributed by atoms with Gasteiger partial charge in [0.1, 0.15) is 5.56 Å². The number of benzene rings is 1. The summed E-state index contributed by atoms with van der Waals surface area (Å²) in [4.78, 5) is 33.1. The maximum absolute atomic E-state index is 13.2. The van der Waals surface area contributed by atoms with Gasteiger partial charge in [0.15, 0.2) is 0 Å². The van der Waals surface area contributed by atoms with E-state index in [2.05, 4.69) is 20.1 Å². The molecule has 37 heavy (non-hydrogen) atoms. The minimum absolute atomic E-state index is 0. The van der Waals surface area contributed by atoms with Crippen LogP contribution in [-0.2, 0) is 11.0 Å². The number of piperazine rings is 1. The number of alkyl halides is 3. The minimum Gasteiger partial charge on any atom is -0.382 e. The summed E-state index contributed by atoms with van der Waals surface area (Å²) in [6.45, 7) is 5.30. The predicted molar refractivity (Wildman–Crippen MR) is 136 cm³/mol. The van der Waals surface area contributed by atoms with Crippen LogP contribution in [0.2, 0.25) is 0 Å². The number of nitrogens with one attached hydrogen (secondary N) is 1. The fraction of sp³-hybridized carbons (Fsp3) is 0.520. The summed E-state index contributed by atoms with van der Waals surface area (Å²) >= 11 is 0. The number of halogens is 3. The number of pyridine rings is 1. The van der Waals surface area contributed by atoms with Crippen LogP contribution in [0.15, 0.2) is 42.7 Å². The second kappa shape index (κ2) is 12.2. The summed E-state index contributed by atoms with van der Waals surface area (Å²) in [6.07, 6.45) is 0.366. The Morgan fingerprint density at radius 1 is 1.05 bits per heavy atom. The average molecular weight is 523 g/mol.